The number of carbonyl (C=O) groups excluding carboxylic acids is 1. The van der Waals surface area contributed by atoms with E-state index < -0.39 is 27.8 Å². The van der Waals surface area contributed by atoms with Crippen LogP contribution in [0.3, 0.4) is 0 Å². The highest BCUT2D eigenvalue weighted by molar-refractivity contribution is 7.89. The lowest BCUT2D eigenvalue weighted by atomic mass is 10.1. The Labute approximate surface area is 173 Å². The summed E-state index contributed by atoms with van der Waals surface area (Å²) < 4.78 is 46.7. The quantitative estimate of drug-likeness (QED) is 0.619. The van der Waals surface area contributed by atoms with Crippen LogP contribution >= 0.6 is 0 Å². The molecule has 0 saturated carbocycles. The van der Waals surface area contributed by atoms with Gasteiger partial charge in [0.25, 0.3) is 0 Å². The van der Waals surface area contributed by atoms with Crippen molar-refractivity contribution in [1.29, 1.82) is 0 Å². The van der Waals surface area contributed by atoms with Gasteiger partial charge in [0.1, 0.15) is 5.82 Å². The van der Waals surface area contributed by atoms with E-state index in [2.05, 4.69) is 20.2 Å². The van der Waals surface area contributed by atoms with Crippen LogP contribution in [0.4, 0.5) is 10.1 Å². The van der Waals surface area contributed by atoms with Gasteiger partial charge in [-0.3, -0.25) is 4.79 Å². The Morgan fingerprint density at radius 3 is 2.43 bits per heavy atom. The van der Waals surface area contributed by atoms with Gasteiger partial charge in [-0.05, 0) is 50.1 Å². The molecule has 3 rings (SSSR count). The fourth-order valence-corrected chi connectivity index (χ4v) is 4.19. The van der Waals surface area contributed by atoms with Crippen LogP contribution in [0.2, 0.25) is 0 Å². The van der Waals surface area contributed by atoms with Gasteiger partial charge in [0.05, 0.1) is 10.9 Å². The topological polar surface area (TPSA) is 114 Å². The van der Waals surface area contributed by atoms with E-state index in [0.717, 1.165) is 0 Å². The first-order valence-electron chi connectivity index (χ1n) is 9.07. The van der Waals surface area contributed by atoms with E-state index in [9.17, 15) is 17.6 Å². The van der Waals surface area contributed by atoms with Crippen molar-refractivity contribution in [3.8, 4) is 11.4 Å². The molecule has 0 aliphatic heterocycles. The van der Waals surface area contributed by atoms with Gasteiger partial charge in [0.15, 0.2) is 0 Å². The first kappa shape index (κ1) is 21.6. The zero-order valence-corrected chi connectivity index (χ0v) is 17.7. The third-order valence-corrected chi connectivity index (χ3v) is 6.11. The van der Waals surface area contributed by atoms with Gasteiger partial charge in [-0.2, -0.15) is 9.71 Å². The molecular weight excluding hydrogens is 411 g/mol. The van der Waals surface area contributed by atoms with Crippen LogP contribution in [-0.4, -0.2) is 30.5 Å². The molecule has 158 valence electrons. The van der Waals surface area contributed by atoms with Gasteiger partial charge in [-0.25, -0.2) is 12.8 Å². The fraction of sp³-hybridized carbons (Fsp3) is 0.250. The van der Waals surface area contributed by atoms with Gasteiger partial charge in [-0.1, -0.05) is 23.4 Å². The van der Waals surface area contributed by atoms with Crippen LogP contribution in [0.1, 0.15) is 23.9 Å². The summed E-state index contributed by atoms with van der Waals surface area (Å²) in [7, 11) is -4.04. The lowest BCUT2D eigenvalue weighted by Gasteiger charge is -2.16. The number of aromatic nitrogens is 2. The summed E-state index contributed by atoms with van der Waals surface area (Å²) in [5.74, 6) is -0.475. The van der Waals surface area contributed by atoms with E-state index in [1.165, 1.54) is 31.2 Å². The molecule has 10 heteroatoms. The molecule has 0 fully saturated rings. The fourth-order valence-electron chi connectivity index (χ4n) is 2.72. The van der Waals surface area contributed by atoms with Gasteiger partial charge in [0.2, 0.25) is 27.6 Å². The summed E-state index contributed by atoms with van der Waals surface area (Å²) >= 11 is 0. The highest BCUT2D eigenvalue weighted by Gasteiger charge is 2.24. The second-order valence-electron chi connectivity index (χ2n) is 6.91. The number of halogens is 1. The number of benzene rings is 2. The van der Waals surface area contributed by atoms with Gasteiger partial charge < -0.3 is 9.84 Å². The predicted molar refractivity (Wildman–Crippen MR) is 109 cm³/mol. The third-order valence-electron chi connectivity index (χ3n) is 4.43. The molecule has 1 heterocycles. The summed E-state index contributed by atoms with van der Waals surface area (Å²) in [4.78, 5) is 16.5. The first-order chi connectivity index (χ1) is 14.1. The zero-order chi connectivity index (χ0) is 22.1. The largest absolute Gasteiger partial charge is 0.339 e. The zero-order valence-electron chi connectivity index (χ0n) is 16.9. The lowest BCUT2D eigenvalue weighted by molar-refractivity contribution is -0.117. The summed E-state index contributed by atoms with van der Waals surface area (Å²) in [5.41, 5.74) is 1.62. The molecule has 8 nitrogen and oxygen atoms in total. The number of hydrogen-bond donors (Lipinski definition) is 2. The van der Waals surface area contributed by atoms with Gasteiger partial charge >= 0.3 is 0 Å². The van der Waals surface area contributed by atoms with Crippen LogP contribution < -0.4 is 10.0 Å². The highest BCUT2D eigenvalue weighted by Crippen LogP contribution is 2.23. The maximum absolute atomic E-state index is 13.7. The molecule has 1 amide bonds. The average Bonchev–Trinajstić information content (AvgIpc) is 3.11. The number of nitrogens with zero attached hydrogens (tertiary/aromatic N) is 2. The molecule has 0 saturated heterocycles. The summed E-state index contributed by atoms with van der Waals surface area (Å²) in [6.07, 6.45) is 0. The van der Waals surface area contributed by atoms with Gasteiger partial charge in [-0.15, -0.1) is 0 Å². The minimum Gasteiger partial charge on any atom is -0.339 e. The van der Waals surface area contributed by atoms with Crippen LogP contribution in [0.25, 0.3) is 11.4 Å². The molecule has 0 aliphatic rings. The van der Waals surface area contributed by atoms with Crippen molar-refractivity contribution >= 4 is 21.6 Å². The number of hydrogen-bond acceptors (Lipinski definition) is 6. The highest BCUT2D eigenvalue weighted by atomic mass is 32.2. The SMILES string of the molecule is Cc1nc(-c2ccc(C)c(S(=O)(=O)N[C@@H](C)C(=O)Nc3ccc(C)c(F)c3)c2)no1. The number of aryl methyl sites for hydroxylation is 3. The number of sulfonamides is 1. The number of nitrogens with one attached hydrogen (secondary N) is 2. The van der Waals surface area contributed by atoms with Gasteiger partial charge in [0, 0.05) is 18.2 Å². The molecule has 0 spiro atoms. The Balaban J connectivity index is 1.79. The van der Waals surface area contributed by atoms with Crippen LogP contribution in [-0.2, 0) is 14.8 Å². The molecule has 0 aliphatic carbocycles. The molecule has 0 unspecified atom stereocenters. The first-order valence-corrected chi connectivity index (χ1v) is 10.6. The third kappa shape index (κ3) is 4.71. The Hall–Kier alpha value is -3.11. The Morgan fingerprint density at radius 2 is 1.80 bits per heavy atom. The Morgan fingerprint density at radius 1 is 1.10 bits per heavy atom. The predicted octanol–water partition coefficient (Wildman–Crippen LogP) is 3.11. The second-order valence-corrected chi connectivity index (χ2v) is 8.60. The number of rotatable bonds is 6. The molecule has 30 heavy (non-hydrogen) atoms. The molecule has 2 N–H and O–H groups in total. The number of carbonyl (C=O) groups is 1. The van der Waals surface area contributed by atoms with E-state index >= 15 is 0 Å². The lowest BCUT2D eigenvalue weighted by Crippen LogP contribution is -2.41. The maximum Gasteiger partial charge on any atom is 0.242 e. The molecule has 1 atom stereocenters. The monoisotopic (exact) mass is 432 g/mol. The van der Waals surface area contributed by atoms with Crippen LogP contribution in [0, 0.1) is 26.6 Å². The molecule has 0 radical (unpaired) electrons. The summed E-state index contributed by atoms with van der Waals surface area (Å²) in [6.45, 7) is 6.27. The Bertz CT molecular complexity index is 1210. The van der Waals surface area contributed by atoms with Crippen LogP contribution in [0.15, 0.2) is 45.8 Å². The molecule has 3 aromatic rings. The van der Waals surface area contributed by atoms with E-state index in [1.807, 2.05) is 0 Å². The number of anilines is 1. The minimum atomic E-state index is -4.04. The van der Waals surface area contributed by atoms with Crippen molar-refractivity contribution in [3.63, 3.8) is 0 Å². The van der Waals surface area contributed by atoms with Crippen molar-refractivity contribution < 1.29 is 22.1 Å². The van der Waals surface area contributed by atoms with E-state index in [4.69, 9.17) is 4.52 Å². The maximum atomic E-state index is 13.7. The number of amides is 1. The summed E-state index contributed by atoms with van der Waals surface area (Å²) in [5, 5.41) is 6.29. The molecule has 1 aromatic heterocycles. The normalized spacial score (nSPS) is 12.6. The van der Waals surface area contributed by atoms with Crippen molar-refractivity contribution in [2.45, 2.75) is 38.6 Å². The molecular formula is C20H21FN4O4S. The van der Waals surface area contributed by atoms with Crippen molar-refractivity contribution in [2.75, 3.05) is 5.32 Å². The average molecular weight is 432 g/mol. The van der Waals surface area contributed by atoms with E-state index in [0.29, 0.717) is 22.6 Å². The smallest absolute Gasteiger partial charge is 0.242 e. The van der Waals surface area contributed by atoms with E-state index in [-0.39, 0.29) is 16.4 Å². The standard InChI is InChI=1S/C20H21FN4O4S/c1-11-6-8-16(10-17(11)21)23-20(26)13(3)25-30(27,28)18-9-15(7-5-12(18)2)19-22-14(4)29-24-19/h5-10,13,25H,1-4H3,(H,23,26)/t13-/m0/s1. The summed E-state index contributed by atoms with van der Waals surface area (Å²) in [6, 6.07) is 7.86. The minimum absolute atomic E-state index is 0.0107. The molecule has 2 aromatic carbocycles. The molecule has 0 bridgehead atoms. The van der Waals surface area contributed by atoms with Crippen molar-refractivity contribution in [3.05, 3.63) is 59.2 Å². The van der Waals surface area contributed by atoms with E-state index in [1.54, 1.807) is 32.9 Å². The Kier molecular flexibility index (Phi) is 5.99. The second kappa shape index (κ2) is 8.33. The van der Waals surface area contributed by atoms with Crippen molar-refractivity contribution in [2.24, 2.45) is 0 Å². The van der Waals surface area contributed by atoms with Crippen molar-refractivity contribution in [1.82, 2.24) is 14.9 Å². The van der Waals surface area contributed by atoms with Crippen LogP contribution in [0.5, 0.6) is 0 Å².